The zero-order valence-corrected chi connectivity index (χ0v) is 18.1. The van der Waals surface area contributed by atoms with E-state index < -0.39 is 11.7 Å². The molecule has 4 aliphatic heterocycles. The standard InChI is InChI=1S/C21H37N3O5/c1-20(2)17-4-5-21(3,29-20)19(18(17)24-8-12-27-13-9-24)22-28-15-16(25)14-23-6-10-26-11-7-23/h16-18,25H,4-15H2,1-3H3/b22-19+/t16?,17-,18-,21+/m1/s1. The van der Waals surface area contributed by atoms with Crippen molar-refractivity contribution in [2.45, 2.75) is 57.0 Å². The summed E-state index contributed by atoms with van der Waals surface area (Å²) in [5.41, 5.74) is 0.370. The number of morpholine rings is 2. The summed E-state index contributed by atoms with van der Waals surface area (Å²) in [6.45, 7) is 13.8. The van der Waals surface area contributed by atoms with Crippen LogP contribution in [0.3, 0.4) is 0 Å². The van der Waals surface area contributed by atoms with Gasteiger partial charge < -0.3 is 24.2 Å². The maximum absolute atomic E-state index is 10.4. The van der Waals surface area contributed by atoms with Crippen LogP contribution in [0, 0.1) is 5.92 Å². The molecule has 5 rings (SSSR count). The molecule has 0 radical (unpaired) electrons. The van der Waals surface area contributed by atoms with Crippen molar-refractivity contribution in [2.24, 2.45) is 11.1 Å². The maximum atomic E-state index is 10.4. The van der Waals surface area contributed by atoms with Gasteiger partial charge in [-0.15, -0.1) is 0 Å². The number of ether oxygens (including phenoxy) is 3. The van der Waals surface area contributed by atoms with Crippen molar-refractivity contribution < 1.29 is 24.2 Å². The Morgan fingerprint density at radius 3 is 2.41 bits per heavy atom. The minimum atomic E-state index is -0.565. The first-order chi connectivity index (χ1) is 13.9. The number of β-amino-alcohol motifs (C(OH)–C–C–N with tert-alkyl or cyclic N) is 1. The highest BCUT2D eigenvalue weighted by atomic mass is 16.6. The molecule has 0 spiro atoms. The van der Waals surface area contributed by atoms with Crippen LogP contribution in [0.15, 0.2) is 5.16 Å². The summed E-state index contributed by atoms with van der Waals surface area (Å²) in [4.78, 5) is 10.4. The molecule has 5 fully saturated rings. The lowest BCUT2D eigenvalue weighted by atomic mass is 9.64. The van der Waals surface area contributed by atoms with E-state index in [4.69, 9.17) is 19.0 Å². The summed E-state index contributed by atoms with van der Waals surface area (Å²) < 4.78 is 17.5. The SMILES string of the molecule is CC1(C)O[C@@]2(C)CC[C@@H]1[C@@H](N1CCOCC1)/C2=N\OCC(O)CN1CCOCC1. The predicted molar refractivity (Wildman–Crippen MR) is 109 cm³/mol. The van der Waals surface area contributed by atoms with Crippen LogP contribution in [0.4, 0.5) is 0 Å². The van der Waals surface area contributed by atoms with Crippen LogP contribution in [0.1, 0.15) is 33.6 Å². The minimum Gasteiger partial charge on any atom is -0.393 e. The van der Waals surface area contributed by atoms with Crippen LogP contribution in [0.2, 0.25) is 0 Å². The van der Waals surface area contributed by atoms with E-state index in [-0.39, 0.29) is 18.2 Å². The summed E-state index contributed by atoms with van der Waals surface area (Å²) >= 11 is 0. The van der Waals surface area contributed by atoms with Crippen molar-refractivity contribution in [1.82, 2.24) is 9.80 Å². The lowest BCUT2D eigenvalue weighted by Gasteiger charge is -2.59. The first-order valence-electron chi connectivity index (χ1n) is 11.1. The van der Waals surface area contributed by atoms with Crippen molar-refractivity contribution in [3.05, 3.63) is 0 Å². The normalized spacial score (nSPS) is 38.3. The average molecular weight is 412 g/mol. The number of oxime groups is 1. The van der Waals surface area contributed by atoms with Crippen LogP contribution in [0.25, 0.3) is 0 Å². The van der Waals surface area contributed by atoms with Gasteiger partial charge in [-0.05, 0) is 33.6 Å². The van der Waals surface area contributed by atoms with Gasteiger partial charge in [0, 0.05) is 38.6 Å². The highest BCUT2D eigenvalue weighted by Gasteiger charge is 2.59. The molecule has 4 atom stereocenters. The quantitative estimate of drug-likeness (QED) is 0.646. The molecule has 1 saturated carbocycles. The van der Waals surface area contributed by atoms with Gasteiger partial charge in [-0.1, -0.05) is 5.16 Å². The van der Waals surface area contributed by atoms with E-state index in [1.165, 1.54) is 0 Å². The van der Waals surface area contributed by atoms with Gasteiger partial charge in [0.2, 0.25) is 0 Å². The van der Waals surface area contributed by atoms with E-state index in [9.17, 15) is 5.11 Å². The van der Waals surface area contributed by atoms with Gasteiger partial charge in [0.05, 0.1) is 38.1 Å². The molecule has 8 heteroatoms. The molecule has 0 aromatic carbocycles. The van der Waals surface area contributed by atoms with E-state index in [0.29, 0.717) is 12.5 Å². The Morgan fingerprint density at radius 1 is 1.10 bits per heavy atom. The summed E-state index contributed by atoms with van der Waals surface area (Å²) in [6, 6.07) is 0.206. The average Bonchev–Trinajstić information content (AvgIpc) is 2.69. The zero-order chi connectivity index (χ0) is 20.5. The molecule has 2 bridgehead atoms. The number of aliphatic hydroxyl groups is 1. The van der Waals surface area contributed by atoms with Gasteiger partial charge in [-0.3, -0.25) is 9.80 Å². The first kappa shape index (κ1) is 21.5. The van der Waals surface area contributed by atoms with Crippen LogP contribution in [0.5, 0.6) is 0 Å². The van der Waals surface area contributed by atoms with Crippen molar-refractivity contribution in [3.63, 3.8) is 0 Å². The second-order valence-corrected chi connectivity index (χ2v) is 9.51. The molecule has 4 heterocycles. The van der Waals surface area contributed by atoms with Gasteiger partial charge in [0.25, 0.3) is 0 Å². The monoisotopic (exact) mass is 411 g/mol. The van der Waals surface area contributed by atoms with E-state index in [2.05, 4.69) is 35.7 Å². The molecular weight excluding hydrogens is 374 g/mol. The third-order valence-electron chi connectivity index (χ3n) is 6.96. The van der Waals surface area contributed by atoms with Gasteiger partial charge in [-0.25, -0.2) is 0 Å². The van der Waals surface area contributed by atoms with E-state index in [1.54, 1.807) is 0 Å². The summed E-state index contributed by atoms with van der Waals surface area (Å²) in [7, 11) is 0. The summed E-state index contributed by atoms with van der Waals surface area (Å²) in [5, 5.41) is 15.0. The smallest absolute Gasteiger partial charge is 0.144 e. The third-order valence-corrected chi connectivity index (χ3v) is 6.96. The number of fused-ring (bicyclic) bond motifs is 3. The fourth-order valence-corrected chi connectivity index (χ4v) is 5.47. The highest BCUT2D eigenvalue weighted by Crippen LogP contribution is 2.50. The molecule has 166 valence electrons. The number of nitrogens with zero attached hydrogens (tertiary/aromatic N) is 3. The molecule has 0 amide bonds. The zero-order valence-electron chi connectivity index (χ0n) is 18.1. The first-order valence-corrected chi connectivity index (χ1v) is 11.1. The molecule has 0 aromatic rings. The maximum Gasteiger partial charge on any atom is 0.144 e. The molecule has 1 N–H and O–H groups in total. The Bertz CT molecular complexity index is 589. The molecule has 4 saturated heterocycles. The molecule has 5 aliphatic rings. The number of aliphatic hydroxyl groups excluding tert-OH is 1. The van der Waals surface area contributed by atoms with E-state index in [0.717, 1.165) is 71.2 Å². The van der Waals surface area contributed by atoms with Gasteiger partial charge in [-0.2, -0.15) is 0 Å². The second-order valence-electron chi connectivity index (χ2n) is 9.51. The third kappa shape index (κ3) is 4.62. The highest BCUT2D eigenvalue weighted by molar-refractivity contribution is 5.98. The molecular formula is C21H37N3O5. The Hall–Kier alpha value is -0.770. The van der Waals surface area contributed by atoms with E-state index >= 15 is 0 Å². The van der Waals surface area contributed by atoms with Crippen LogP contribution >= 0.6 is 0 Å². The number of hydrogen-bond acceptors (Lipinski definition) is 8. The van der Waals surface area contributed by atoms with Gasteiger partial charge in [0.15, 0.2) is 0 Å². The van der Waals surface area contributed by atoms with Crippen LogP contribution in [-0.2, 0) is 19.0 Å². The fraction of sp³-hybridized carbons (Fsp3) is 0.952. The largest absolute Gasteiger partial charge is 0.393 e. The molecule has 0 aromatic heterocycles. The van der Waals surface area contributed by atoms with Crippen molar-refractivity contribution in [1.29, 1.82) is 0 Å². The lowest BCUT2D eigenvalue weighted by molar-refractivity contribution is -0.199. The number of rotatable bonds is 6. The van der Waals surface area contributed by atoms with Gasteiger partial charge >= 0.3 is 0 Å². The Morgan fingerprint density at radius 2 is 1.76 bits per heavy atom. The molecule has 29 heavy (non-hydrogen) atoms. The van der Waals surface area contributed by atoms with Crippen molar-refractivity contribution in [2.75, 3.05) is 65.8 Å². The molecule has 1 aliphatic carbocycles. The van der Waals surface area contributed by atoms with E-state index in [1.807, 2.05) is 0 Å². The fourth-order valence-electron chi connectivity index (χ4n) is 5.47. The second kappa shape index (κ2) is 8.77. The van der Waals surface area contributed by atoms with Crippen LogP contribution in [-0.4, -0.2) is 110 Å². The molecule has 8 nitrogen and oxygen atoms in total. The Labute approximate surface area is 174 Å². The number of hydrogen-bond donors (Lipinski definition) is 1. The van der Waals surface area contributed by atoms with Crippen LogP contribution < -0.4 is 0 Å². The topological polar surface area (TPSA) is 76.0 Å². The predicted octanol–water partition coefficient (Wildman–Crippen LogP) is 0.730. The Balaban J connectivity index is 1.44. The van der Waals surface area contributed by atoms with Gasteiger partial charge in [0.1, 0.15) is 24.0 Å². The van der Waals surface area contributed by atoms with Crippen molar-refractivity contribution >= 4 is 5.71 Å². The summed E-state index contributed by atoms with van der Waals surface area (Å²) in [6.07, 6.45) is 1.52. The lowest BCUT2D eigenvalue weighted by Crippen LogP contribution is -2.71. The summed E-state index contributed by atoms with van der Waals surface area (Å²) in [5.74, 6) is 0.378. The van der Waals surface area contributed by atoms with Crippen molar-refractivity contribution in [3.8, 4) is 0 Å². The minimum absolute atomic E-state index is 0.190. The molecule has 1 unspecified atom stereocenters. The Kier molecular flexibility index (Phi) is 6.49.